The van der Waals surface area contributed by atoms with Crippen molar-refractivity contribution < 1.29 is 0 Å². The van der Waals surface area contributed by atoms with E-state index >= 15 is 0 Å². The van der Waals surface area contributed by atoms with Gasteiger partial charge in [0.1, 0.15) is 11.3 Å². The van der Waals surface area contributed by atoms with Gasteiger partial charge in [0.2, 0.25) is 0 Å². The molecule has 2 aromatic heterocycles. The molecule has 1 fully saturated rings. The molecule has 5 rings (SSSR count). The molecule has 0 unspecified atom stereocenters. The summed E-state index contributed by atoms with van der Waals surface area (Å²) in [5.74, 6) is 2.49. The SMILES string of the molecule is CCCCc1nc2c(N)nc3ccccc3c2n1Cc1ccc(CN(CC(C)(C)C2CC2)C(C)(C)C)cc1. The zero-order valence-electron chi connectivity index (χ0n) is 24.2. The molecule has 202 valence electrons. The fourth-order valence-corrected chi connectivity index (χ4v) is 5.77. The van der Waals surface area contributed by atoms with Gasteiger partial charge in [0.15, 0.2) is 5.82 Å². The van der Waals surface area contributed by atoms with Crippen molar-refractivity contribution in [2.45, 2.75) is 92.3 Å². The van der Waals surface area contributed by atoms with Gasteiger partial charge in [0.25, 0.3) is 0 Å². The molecule has 2 heterocycles. The van der Waals surface area contributed by atoms with Gasteiger partial charge in [-0.05, 0) is 68.6 Å². The fraction of sp³-hybridized carbons (Fsp3) is 0.515. The lowest BCUT2D eigenvalue weighted by molar-refractivity contribution is 0.0670. The van der Waals surface area contributed by atoms with Crippen LogP contribution < -0.4 is 5.73 Å². The van der Waals surface area contributed by atoms with Gasteiger partial charge in [0.05, 0.1) is 11.0 Å². The minimum Gasteiger partial charge on any atom is -0.382 e. The minimum absolute atomic E-state index is 0.129. The van der Waals surface area contributed by atoms with Gasteiger partial charge in [-0.1, -0.05) is 69.7 Å². The van der Waals surface area contributed by atoms with Crippen molar-refractivity contribution in [3.8, 4) is 0 Å². The van der Waals surface area contributed by atoms with Crippen molar-refractivity contribution >= 4 is 27.8 Å². The summed E-state index contributed by atoms with van der Waals surface area (Å²) in [6.45, 7) is 17.0. The number of hydrogen-bond donors (Lipinski definition) is 1. The van der Waals surface area contributed by atoms with Crippen LogP contribution in [0, 0.1) is 11.3 Å². The Bertz CT molecular complexity index is 1400. The van der Waals surface area contributed by atoms with Crippen molar-refractivity contribution in [3.05, 3.63) is 65.5 Å². The Morgan fingerprint density at radius 3 is 2.29 bits per heavy atom. The fourth-order valence-electron chi connectivity index (χ4n) is 5.77. The smallest absolute Gasteiger partial charge is 0.152 e. The maximum Gasteiger partial charge on any atom is 0.152 e. The number of nitrogen functional groups attached to an aromatic ring is 1. The Balaban J connectivity index is 1.43. The summed E-state index contributed by atoms with van der Waals surface area (Å²) in [4.78, 5) is 12.3. The summed E-state index contributed by atoms with van der Waals surface area (Å²) in [6, 6.07) is 17.5. The second kappa shape index (κ2) is 10.3. The number of nitrogens with two attached hydrogens (primary N) is 1. The number of anilines is 1. The number of unbranched alkanes of at least 4 members (excludes halogenated alkanes) is 1. The third kappa shape index (κ3) is 5.58. The average molecular weight is 512 g/mol. The first-order chi connectivity index (χ1) is 18.1. The van der Waals surface area contributed by atoms with Gasteiger partial charge in [-0.2, -0.15) is 0 Å². The molecule has 0 atom stereocenters. The Morgan fingerprint density at radius 1 is 0.947 bits per heavy atom. The number of nitrogens with zero attached hydrogens (tertiary/aromatic N) is 4. The first kappa shape index (κ1) is 26.7. The highest BCUT2D eigenvalue weighted by Crippen LogP contribution is 2.46. The number of benzene rings is 2. The van der Waals surface area contributed by atoms with Crippen LogP contribution in [0.1, 0.15) is 84.2 Å². The number of pyridine rings is 1. The Kier molecular flexibility index (Phi) is 7.25. The van der Waals surface area contributed by atoms with E-state index in [1.54, 1.807) is 0 Å². The highest BCUT2D eigenvalue weighted by atomic mass is 15.2. The largest absolute Gasteiger partial charge is 0.382 e. The monoisotopic (exact) mass is 511 g/mol. The van der Waals surface area contributed by atoms with Crippen LogP contribution in [0.2, 0.25) is 0 Å². The summed E-state index contributed by atoms with van der Waals surface area (Å²) in [5.41, 5.74) is 12.4. The molecule has 5 heteroatoms. The van der Waals surface area contributed by atoms with E-state index in [-0.39, 0.29) is 5.54 Å². The lowest BCUT2D eigenvalue weighted by Gasteiger charge is -2.41. The number of para-hydroxylation sites is 1. The molecule has 2 N–H and O–H groups in total. The zero-order chi connectivity index (χ0) is 27.1. The first-order valence-corrected chi connectivity index (χ1v) is 14.4. The number of hydrogen-bond acceptors (Lipinski definition) is 4. The van der Waals surface area contributed by atoms with Crippen molar-refractivity contribution in [3.63, 3.8) is 0 Å². The van der Waals surface area contributed by atoms with E-state index in [9.17, 15) is 0 Å². The van der Waals surface area contributed by atoms with Crippen LogP contribution in [-0.2, 0) is 19.5 Å². The highest BCUT2D eigenvalue weighted by Gasteiger charge is 2.40. The standard InChI is InChI=1S/C33H45N5/c1-7-8-13-28-36-29-30(26-11-9-10-12-27(26)35-31(29)34)38(28)21-24-16-14-23(15-17-24)20-37(32(2,3)4)22-33(5,6)25-18-19-25/h9-12,14-17,25H,7-8,13,18-22H2,1-6H3,(H2,34,35). The van der Waals surface area contributed by atoms with E-state index in [4.69, 9.17) is 10.7 Å². The summed E-state index contributed by atoms with van der Waals surface area (Å²) in [5, 5.41) is 1.11. The summed E-state index contributed by atoms with van der Waals surface area (Å²) >= 11 is 0. The van der Waals surface area contributed by atoms with E-state index in [2.05, 4.69) is 92.4 Å². The van der Waals surface area contributed by atoms with Crippen molar-refractivity contribution in [2.75, 3.05) is 12.3 Å². The van der Waals surface area contributed by atoms with Crippen LogP contribution in [0.25, 0.3) is 21.9 Å². The van der Waals surface area contributed by atoms with Crippen LogP contribution in [0.3, 0.4) is 0 Å². The Labute approximate surface area is 228 Å². The van der Waals surface area contributed by atoms with Crippen molar-refractivity contribution in [2.24, 2.45) is 11.3 Å². The highest BCUT2D eigenvalue weighted by molar-refractivity contribution is 6.06. The van der Waals surface area contributed by atoms with E-state index in [0.717, 1.165) is 72.6 Å². The van der Waals surface area contributed by atoms with Crippen LogP contribution >= 0.6 is 0 Å². The van der Waals surface area contributed by atoms with Gasteiger partial charge in [-0.15, -0.1) is 0 Å². The molecule has 0 spiro atoms. The zero-order valence-corrected chi connectivity index (χ0v) is 24.2. The molecule has 1 saturated carbocycles. The van der Waals surface area contributed by atoms with E-state index < -0.39 is 0 Å². The van der Waals surface area contributed by atoms with Gasteiger partial charge in [-0.3, -0.25) is 4.90 Å². The number of aryl methyl sites for hydroxylation is 1. The molecule has 5 nitrogen and oxygen atoms in total. The lowest BCUT2D eigenvalue weighted by atomic mass is 9.85. The maximum absolute atomic E-state index is 6.40. The molecule has 38 heavy (non-hydrogen) atoms. The molecule has 0 radical (unpaired) electrons. The normalized spacial score (nSPS) is 14.7. The van der Waals surface area contributed by atoms with Gasteiger partial charge in [-0.25, -0.2) is 9.97 Å². The quantitative estimate of drug-likeness (QED) is 0.238. The number of fused-ring (bicyclic) bond motifs is 3. The molecule has 4 aromatic rings. The van der Waals surface area contributed by atoms with Gasteiger partial charge >= 0.3 is 0 Å². The Morgan fingerprint density at radius 2 is 1.63 bits per heavy atom. The summed E-state index contributed by atoms with van der Waals surface area (Å²) < 4.78 is 2.37. The van der Waals surface area contributed by atoms with Crippen LogP contribution in [0.15, 0.2) is 48.5 Å². The van der Waals surface area contributed by atoms with E-state index in [1.165, 1.54) is 24.0 Å². The van der Waals surface area contributed by atoms with Gasteiger partial charge < -0.3 is 10.3 Å². The van der Waals surface area contributed by atoms with Crippen LogP contribution in [0.5, 0.6) is 0 Å². The molecule has 0 bridgehead atoms. The molecule has 0 amide bonds. The molecular formula is C33H45N5. The van der Waals surface area contributed by atoms with E-state index in [0.29, 0.717) is 11.2 Å². The predicted molar refractivity (Wildman–Crippen MR) is 160 cm³/mol. The summed E-state index contributed by atoms with van der Waals surface area (Å²) in [6.07, 6.45) is 5.95. The van der Waals surface area contributed by atoms with Crippen molar-refractivity contribution in [1.29, 1.82) is 0 Å². The van der Waals surface area contributed by atoms with E-state index in [1.807, 2.05) is 12.1 Å². The Hall–Kier alpha value is -2.92. The second-order valence-corrected chi connectivity index (χ2v) is 13.0. The lowest BCUT2D eigenvalue weighted by Crippen LogP contribution is -2.46. The van der Waals surface area contributed by atoms with Gasteiger partial charge in [0, 0.05) is 37.0 Å². The molecule has 1 aliphatic rings. The van der Waals surface area contributed by atoms with Crippen molar-refractivity contribution in [1.82, 2.24) is 19.4 Å². The first-order valence-electron chi connectivity index (χ1n) is 14.4. The average Bonchev–Trinajstić information content (AvgIpc) is 3.67. The summed E-state index contributed by atoms with van der Waals surface area (Å²) in [7, 11) is 0. The molecule has 1 aliphatic carbocycles. The number of imidazole rings is 1. The second-order valence-electron chi connectivity index (χ2n) is 13.0. The molecule has 0 saturated heterocycles. The third-order valence-electron chi connectivity index (χ3n) is 8.41. The van der Waals surface area contributed by atoms with Crippen LogP contribution in [-0.4, -0.2) is 31.5 Å². The topological polar surface area (TPSA) is 60.0 Å². The predicted octanol–water partition coefficient (Wildman–Crippen LogP) is 7.59. The minimum atomic E-state index is 0.129. The molecular weight excluding hydrogens is 466 g/mol. The number of aromatic nitrogens is 3. The molecule has 2 aromatic carbocycles. The number of rotatable bonds is 10. The molecule has 0 aliphatic heterocycles. The third-order valence-corrected chi connectivity index (χ3v) is 8.41. The van der Waals surface area contributed by atoms with Crippen LogP contribution in [0.4, 0.5) is 5.82 Å². The maximum atomic E-state index is 6.40.